The maximum absolute atomic E-state index is 13.3. The van der Waals surface area contributed by atoms with Crippen LogP contribution in [0.1, 0.15) is 13.3 Å². The van der Waals surface area contributed by atoms with Gasteiger partial charge in [-0.3, -0.25) is 9.69 Å². The number of methoxy groups -OCH3 is 1. The number of para-hydroxylation sites is 2. The third-order valence-electron chi connectivity index (χ3n) is 4.77. The van der Waals surface area contributed by atoms with E-state index in [2.05, 4.69) is 6.92 Å². The van der Waals surface area contributed by atoms with Crippen LogP contribution in [-0.2, 0) is 4.79 Å². The Morgan fingerprint density at radius 3 is 2.68 bits per heavy atom. The topological polar surface area (TPSA) is 60.4 Å². The van der Waals surface area contributed by atoms with Gasteiger partial charge in [-0.2, -0.15) is 0 Å². The van der Waals surface area contributed by atoms with Crippen molar-refractivity contribution in [1.82, 2.24) is 4.90 Å². The molecule has 0 radical (unpaired) electrons. The fraction of sp³-hybridized carbons (Fsp3) is 0.333. The molecule has 0 spiro atoms. The number of rotatable bonds is 4. The van der Waals surface area contributed by atoms with E-state index < -0.39 is 6.10 Å². The van der Waals surface area contributed by atoms with Crippen molar-refractivity contribution in [2.45, 2.75) is 25.5 Å². The largest absolute Gasteiger partial charge is 0.497 e. The zero-order chi connectivity index (χ0) is 19.5. The Kier molecular flexibility index (Phi) is 5.43. The molecule has 2 aliphatic rings. The number of aliphatic imine (C=N–C) groups is 1. The summed E-state index contributed by atoms with van der Waals surface area (Å²) in [6.45, 7) is 2.28. The molecule has 0 bridgehead atoms. The molecule has 0 aliphatic carbocycles. The predicted molar refractivity (Wildman–Crippen MR) is 110 cm³/mol. The lowest BCUT2D eigenvalue weighted by atomic mass is 10.2. The van der Waals surface area contributed by atoms with Crippen LogP contribution >= 0.6 is 11.8 Å². The van der Waals surface area contributed by atoms with Crippen molar-refractivity contribution in [3.05, 3.63) is 48.5 Å². The first-order valence-corrected chi connectivity index (χ1v) is 10.2. The van der Waals surface area contributed by atoms with Crippen molar-refractivity contribution < 1.29 is 19.0 Å². The molecule has 4 rings (SSSR count). The highest BCUT2D eigenvalue weighted by atomic mass is 32.2. The molecule has 2 aromatic carbocycles. The first-order valence-electron chi connectivity index (χ1n) is 9.26. The summed E-state index contributed by atoms with van der Waals surface area (Å²) in [5, 5.41) is 0.699. The summed E-state index contributed by atoms with van der Waals surface area (Å²) >= 11 is 1.59. The quantitative estimate of drug-likeness (QED) is 0.782. The molecule has 2 aromatic rings. The van der Waals surface area contributed by atoms with Gasteiger partial charge in [-0.1, -0.05) is 30.8 Å². The minimum atomic E-state index is -0.677. The smallest absolute Gasteiger partial charge is 0.273 e. The van der Waals surface area contributed by atoms with Crippen molar-refractivity contribution in [2.24, 2.45) is 4.99 Å². The fourth-order valence-corrected chi connectivity index (χ4v) is 4.47. The molecular formula is C21H22N2O4S. The molecule has 7 heteroatoms. The number of benzene rings is 2. The van der Waals surface area contributed by atoms with Crippen molar-refractivity contribution in [2.75, 3.05) is 19.5 Å². The molecule has 0 unspecified atom stereocenters. The van der Waals surface area contributed by atoms with E-state index in [0.717, 1.165) is 23.6 Å². The SMILES string of the molecule is CC[C@H]1CSC(=Nc2ccc(OC)cc2)N1C(=O)[C@H]1COc2ccccc2O1. The van der Waals surface area contributed by atoms with Crippen LogP contribution in [0.25, 0.3) is 0 Å². The summed E-state index contributed by atoms with van der Waals surface area (Å²) in [6, 6.07) is 15.0. The number of carbonyl (C=O) groups excluding carboxylic acids is 1. The summed E-state index contributed by atoms with van der Waals surface area (Å²) < 4.78 is 16.9. The summed E-state index contributed by atoms with van der Waals surface area (Å²) in [7, 11) is 1.63. The van der Waals surface area contributed by atoms with E-state index in [0.29, 0.717) is 16.7 Å². The lowest BCUT2D eigenvalue weighted by molar-refractivity contribution is -0.138. The van der Waals surface area contributed by atoms with E-state index >= 15 is 0 Å². The highest BCUT2D eigenvalue weighted by Gasteiger charge is 2.40. The summed E-state index contributed by atoms with van der Waals surface area (Å²) in [5.41, 5.74) is 0.781. The van der Waals surface area contributed by atoms with E-state index in [4.69, 9.17) is 19.2 Å². The molecule has 2 aliphatic heterocycles. The fourth-order valence-electron chi connectivity index (χ4n) is 3.20. The van der Waals surface area contributed by atoms with Gasteiger partial charge in [0.1, 0.15) is 12.4 Å². The van der Waals surface area contributed by atoms with Crippen LogP contribution in [0.4, 0.5) is 5.69 Å². The second kappa shape index (κ2) is 8.14. The van der Waals surface area contributed by atoms with Gasteiger partial charge in [0.2, 0.25) is 6.10 Å². The van der Waals surface area contributed by atoms with E-state index in [-0.39, 0.29) is 18.6 Å². The zero-order valence-electron chi connectivity index (χ0n) is 15.8. The third kappa shape index (κ3) is 3.67. The molecule has 1 amide bonds. The second-order valence-electron chi connectivity index (χ2n) is 6.54. The normalized spacial score (nSPS) is 22.4. The van der Waals surface area contributed by atoms with Gasteiger partial charge in [-0.25, -0.2) is 4.99 Å². The number of amidine groups is 1. The van der Waals surface area contributed by atoms with Crippen LogP contribution in [0, 0.1) is 0 Å². The molecule has 1 saturated heterocycles. The van der Waals surface area contributed by atoms with Gasteiger partial charge in [0.15, 0.2) is 16.7 Å². The number of fused-ring (bicyclic) bond motifs is 1. The van der Waals surface area contributed by atoms with Gasteiger partial charge in [-0.05, 0) is 42.8 Å². The van der Waals surface area contributed by atoms with Gasteiger partial charge >= 0.3 is 0 Å². The first kappa shape index (κ1) is 18.7. The van der Waals surface area contributed by atoms with Gasteiger partial charge in [0, 0.05) is 11.8 Å². The Balaban J connectivity index is 1.57. The minimum Gasteiger partial charge on any atom is -0.497 e. The molecule has 0 saturated carbocycles. The number of amides is 1. The number of nitrogens with zero attached hydrogens (tertiary/aromatic N) is 2. The van der Waals surface area contributed by atoms with E-state index in [1.54, 1.807) is 23.8 Å². The second-order valence-corrected chi connectivity index (χ2v) is 7.53. The number of carbonyl (C=O) groups is 1. The molecule has 2 heterocycles. The van der Waals surface area contributed by atoms with Crippen molar-refractivity contribution in [3.63, 3.8) is 0 Å². The Morgan fingerprint density at radius 1 is 1.21 bits per heavy atom. The Hall–Kier alpha value is -2.67. The Morgan fingerprint density at radius 2 is 1.96 bits per heavy atom. The summed E-state index contributed by atoms with van der Waals surface area (Å²) in [4.78, 5) is 19.8. The molecule has 0 aromatic heterocycles. The average molecular weight is 398 g/mol. The summed E-state index contributed by atoms with van der Waals surface area (Å²) in [6.07, 6.45) is 0.175. The lowest BCUT2D eigenvalue weighted by Gasteiger charge is -2.31. The van der Waals surface area contributed by atoms with Crippen molar-refractivity contribution in [1.29, 1.82) is 0 Å². The molecule has 1 fully saturated rings. The van der Waals surface area contributed by atoms with Crippen LogP contribution < -0.4 is 14.2 Å². The highest BCUT2D eigenvalue weighted by Crippen LogP contribution is 2.34. The first-order chi connectivity index (χ1) is 13.7. The van der Waals surface area contributed by atoms with Crippen LogP contribution in [0.3, 0.4) is 0 Å². The van der Waals surface area contributed by atoms with Gasteiger partial charge in [0.25, 0.3) is 5.91 Å². The molecular weight excluding hydrogens is 376 g/mol. The minimum absolute atomic E-state index is 0.0928. The van der Waals surface area contributed by atoms with Crippen LogP contribution in [0.15, 0.2) is 53.5 Å². The maximum atomic E-state index is 13.3. The molecule has 6 nitrogen and oxygen atoms in total. The van der Waals surface area contributed by atoms with Crippen LogP contribution in [0.2, 0.25) is 0 Å². The van der Waals surface area contributed by atoms with Crippen LogP contribution in [0.5, 0.6) is 17.2 Å². The van der Waals surface area contributed by atoms with E-state index in [9.17, 15) is 4.79 Å². The van der Waals surface area contributed by atoms with E-state index in [1.165, 1.54) is 0 Å². The molecule has 146 valence electrons. The zero-order valence-corrected chi connectivity index (χ0v) is 16.6. The van der Waals surface area contributed by atoms with Crippen LogP contribution in [-0.4, -0.2) is 47.6 Å². The molecule has 2 atom stereocenters. The van der Waals surface area contributed by atoms with Gasteiger partial charge < -0.3 is 14.2 Å². The van der Waals surface area contributed by atoms with E-state index in [1.807, 2.05) is 48.5 Å². The molecule has 0 N–H and O–H groups in total. The third-order valence-corrected chi connectivity index (χ3v) is 5.86. The Labute approximate surface area is 168 Å². The number of thioether (sulfide) groups is 1. The maximum Gasteiger partial charge on any atom is 0.273 e. The number of hydrogen-bond donors (Lipinski definition) is 0. The number of ether oxygens (including phenoxy) is 3. The van der Waals surface area contributed by atoms with Gasteiger partial charge in [0.05, 0.1) is 12.8 Å². The Bertz CT molecular complexity index is 884. The summed E-state index contributed by atoms with van der Waals surface area (Å²) in [5.74, 6) is 2.75. The standard InChI is InChI=1S/C21H22N2O4S/c1-3-15-13-28-21(22-14-8-10-16(25-2)11-9-14)23(15)20(24)19-12-26-17-6-4-5-7-18(17)27-19/h4-11,15,19H,3,12-13H2,1-2H3/t15-,19+/m0/s1. The average Bonchev–Trinajstić information content (AvgIpc) is 3.16. The number of hydrogen-bond acceptors (Lipinski definition) is 6. The monoisotopic (exact) mass is 398 g/mol. The molecule has 28 heavy (non-hydrogen) atoms. The van der Waals surface area contributed by atoms with Crippen molar-refractivity contribution >= 4 is 28.5 Å². The highest BCUT2D eigenvalue weighted by molar-refractivity contribution is 8.14. The van der Waals surface area contributed by atoms with Crippen molar-refractivity contribution in [3.8, 4) is 17.2 Å². The van der Waals surface area contributed by atoms with Gasteiger partial charge in [-0.15, -0.1) is 0 Å². The predicted octanol–water partition coefficient (Wildman–Crippen LogP) is 3.88. The lowest BCUT2D eigenvalue weighted by Crippen LogP contribution is -2.49.